The van der Waals surface area contributed by atoms with Gasteiger partial charge in [0.05, 0.1) is 13.2 Å². The van der Waals surface area contributed by atoms with E-state index >= 15 is 0 Å². The number of aliphatic carboxylic acids is 1. The van der Waals surface area contributed by atoms with Crippen LogP contribution in [0.3, 0.4) is 0 Å². The van der Waals surface area contributed by atoms with Crippen LogP contribution in [0, 0.1) is 0 Å². The van der Waals surface area contributed by atoms with Crippen molar-refractivity contribution < 1.29 is 47.5 Å². The van der Waals surface area contributed by atoms with Crippen molar-refractivity contribution in [2.75, 3.05) is 19.8 Å². The molecule has 0 saturated carbocycles. The Morgan fingerprint density at radius 1 is 0.675 bits per heavy atom. The van der Waals surface area contributed by atoms with Gasteiger partial charge in [-0.1, -0.05) is 104 Å². The second-order valence-corrected chi connectivity index (χ2v) is 11.7. The van der Waals surface area contributed by atoms with Gasteiger partial charge in [-0.2, -0.15) is 0 Å². The minimum absolute atomic E-state index is 0.165. The van der Waals surface area contributed by atoms with Gasteiger partial charge in [0.2, 0.25) is 0 Å². The molecule has 0 spiro atoms. The lowest BCUT2D eigenvalue weighted by Gasteiger charge is -2.20. The van der Waals surface area contributed by atoms with Gasteiger partial charge in [0, 0.05) is 12.8 Å². The molecule has 4 N–H and O–H groups in total. The second kappa shape index (κ2) is 25.2. The number of phosphoric ester groups is 1. The molecule has 11 nitrogen and oxygen atoms in total. The first kappa shape index (κ1) is 38.5. The first-order valence-corrected chi connectivity index (χ1v) is 16.6. The topological polar surface area (TPSA) is 172 Å². The first-order valence-electron chi connectivity index (χ1n) is 15.1. The number of hydrogen-bond acceptors (Lipinski definition) is 9. The molecule has 12 heteroatoms. The van der Waals surface area contributed by atoms with Crippen LogP contribution in [0.2, 0.25) is 0 Å². The van der Waals surface area contributed by atoms with Crippen molar-refractivity contribution in [1.29, 1.82) is 0 Å². The van der Waals surface area contributed by atoms with Gasteiger partial charge in [0.1, 0.15) is 12.6 Å². The van der Waals surface area contributed by atoms with Crippen LogP contribution in [0.4, 0.5) is 0 Å². The normalized spacial score (nSPS) is 14.3. The molecule has 0 aromatic rings. The number of rotatable bonds is 28. The van der Waals surface area contributed by atoms with Crippen molar-refractivity contribution in [1.82, 2.24) is 0 Å². The molecule has 3 atom stereocenters. The predicted molar refractivity (Wildman–Crippen MR) is 153 cm³/mol. The van der Waals surface area contributed by atoms with E-state index in [4.69, 9.17) is 24.8 Å². The molecule has 3 unspecified atom stereocenters. The number of ether oxygens (including phenoxy) is 2. The van der Waals surface area contributed by atoms with E-state index in [0.29, 0.717) is 12.8 Å². The number of carboxylic acids is 1. The van der Waals surface area contributed by atoms with Gasteiger partial charge < -0.3 is 25.2 Å². The van der Waals surface area contributed by atoms with E-state index in [-0.39, 0.29) is 19.4 Å². The quantitative estimate of drug-likeness (QED) is 0.0546. The Balaban J connectivity index is 4.17. The SMILES string of the molecule is CCCCCCCCCCCCCCCCCC(=O)OC(COC(=O)CCC)COP(=O)(O)OCC(N)C(=O)O. The molecule has 40 heavy (non-hydrogen) atoms. The van der Waals surface area contributed by atoms with E-state index in [1.165, 1.54) is 70.6 Å². The summed E-state index contributed by atoms with van der Waals surface area (Å²) in [6.45, 7) is 2.36. The molecule has 0 aliphatic heterocycles. The molecule has 0 saturated heterocycles. The Morgan fingerprint density at radius 3 is 1.62 bits per heavy atom. The van der Waals surface area contributed by atoms with Crippen molar-refractivity contribution >= 4 is 25.7 Å². The smallest absolute Gasteiger partial charge is 0.472 e. The summed E-state index contributed by atoms with van der Waals surface area (Å²) < 4.78 is 31.8. The van der Waals surface area contributed by atoms with Gasteiger partial charge in [-0.3, -0.25) is 23.4 Å². The van der Waals surface area contributed by atoms with Crippen LogP contribution in [-0.2, 0) is 37.5 Å². The molecule has 0 bridgehead atoms. The number of phosphoric acid groups is 1. The zero-order chi connectivity index (χ0) is 30.1. The lowest BCUT2D eigenvalue weighted by atomic mass is 10.0. The average molecular weight is 596 g/mol. The molecule has 0 amide bonds. The van der Waals surface area contributed by atoms with Crippen molar-refractivity contribution in [3.8, 4) is 0 Å². The van der Waals surface area contributed by atoms with E-state index < -0.39 is 51.1 Å². The fourth-order valence-electron chi connectivity index (χ4n) is 3.92. The van der Waals surface area contributed by atoms with Gasteiger partial charge in [-0.15, -0.1) is 0 Å². The van der Waals surface area contributed by atoms with Crippen LogP contribution in [0.5, 0.6) is 0 Å². The van der Waals surface area contributed by atoms with E-state index in [0.717, 1.165) is 19.3 Å². The third-order valence-corrected chi connectivity index (χ3v) is 7.28. The lowest BCUT2D eigenvalue weighted by molar-refractivity contribution is -0.161. The highest BCUT2D eigenvalue weighted by Gasteiger charge is 2.28. The minimum atomic E-state index is -4.67. The van der Waals surface area contributed by atoms with Crippen LogP contribution >= 0.6 is 7.82 Å². The van der Waals surface area contributed by atoms with Crippen molar-refractivity contribution in [3.63, 3.8) is 0 Å². The predicted octanol–water partition coefficient (Wildman–Crippen LogP) is 6.05. The lowest BCUT2D eigenvalue weighted by Crippen LogP contribution is -2.34. The van der Waals surface area contributed by atoms with Crippen LogP contribution in [0.1, 0.15) is 129 Å². The van der Waals surface area contributed by atoms with Crippen molar-refractivity contribution in [3.05, 3.63) is 0 Å². The zero-order valence-electron chi connectivity index (χ0n) is 24.7. The number of nitrogens with two attached hydrogens (primary N) is 1. The fourth-order valence-corrected chi connectivity index (χ4v) is 4.70. The fraction of sp³-hybridized carbons (Fsp3) is 0.893. The third-order valence-electron chi connectivity index (χ3n) is 6.32. The van der Waals surface area contributed by atoms with Gasteiger partial charge in [0.25, 0.3) is 0 Å². The van der Waals surface area contributed by atoms with Crippen molar-refractivity contribution in [2.45, 2.75) is 142 Å². The molecule has 0 radical (unpaired) electrons. The Kier molecular flexibility index (Phi) is 24.3. The number of hydrogen-bond donors (Lipinski definition) is 3. The highest BCUT2D eigenvalue weighted by Crippen LogP contribution is 2.43. The van der Waals surface area contributed by atoms with Gasteiger partial charge in [0.15, 0.2) is 6.10 Å². The number of unbranched alkanes of at least 4 members (excludes halogenated alkanes) is 14. The molecular weight excluding hydrogens is 541 g/mol. The Morgan fingerprint density at radius 2 is 1.15 bits per heavy atom. The van der Waals surface area contributed by atoms with Crippen LogP contribution in [-0.4, -0.2) is 59.9 Å². The maximum Gasteiger partial charge on any atom is 0.472 e. The third kappa shape index (κ3) is 24.3. The standard InChI is InChI=1S/C28H54NO10P/c1-3-5-6-7-8-9-10-11-12-13-14-15-16-17-18-20-27(31)39-24(21-36-26(30)19-4-2)22-37-40(34,35)38-23-25(29)28(32)33/h24-25H,3-23,29H2,1-2H3,(H,32,33)(H,34,35). The van der Waals surface area contributed by atoms with Crippen molar-refractivity contribution in [2.24, 2.45) is 5.73 Å². The monoisotopic (exact) mass is 595 g/mol. The number of carbonyl (C=O) groups excluding carboxylic acids is 2. The van der Waals surface area contributed by atoms with Crippen LogP contribution < -0.4 is 5.73 Å². The number of carboxylic acid groups (broad SMARTS) is 1. The summed E-state index contributed by atoms with van der Waals surface area (Å²) in [6.07, 6.45) is 18.0. The first-order chi connectivity index (χ1) is 19.1. The summed E-state index contributed by atoms with van der Waals surface area (Å²) >= 11 is 0. The molecule has 236 valence electrons. The molecule has 0 aromatic heterocycles. The molecule has 0 aliphatic carbocycles. The largest absolute Gasteiger partial charge is 0.480 e. The van der Waals surface area contributed by atoms with Gasteiger partial charge >= 0.3 is 25.7 Å². The van der Waals surface area contributed by atoms with Crippen LogP contribution in [0.15, 0.2) is 0 Å². The Labute approximate surface area is 240 Å². The molecule has 0 aliphatic rings. The summed E-state index contributed by atoms with van der Waals surface area (Å²) in [5, 5.41) is 8.74. The van der Waals surface area contributed by atoms with E-state index in [1.807, 2.05) is 0 Å². The molecule has 0 heterocycles. The molecule has 0 aromatic carbocycles. The van der Waals surface area contributed by atoms with E-state index in [9.17, 15) is 23.8 Å². The highest BCUT2D eigenvalue weighted by molar-refractivity contribution is 7.47. The van der Waals surface area contributed by atoms with Gasteiger partial charge in [-0.05, 0) is 12.8 Å². The highest BCUT2D eigenvalue weighted by atomic mass is 31.2. The maximum absolute atomic E-state index is 12.3. The molecule has 0 rings (SSSR count). The van der Waals surface area contributed by atoms with E-state index in [1.54, 1.807) is 6.92 Å². The van der Waals surface area contributed by atoms with E-state index in [2.05, 4.69) is 11.4 Å². The summed E-state index contributed by atoms with van der Waals surface area (Å²) in [5.41, 5.74) is 5.25. The number of carbonyl (C=O) groups is 3. The Hall–Kier alpha value is -1.52. The van der Waals surface area contributed by atoms with Gasteiger partial charge in [-0.25, -0.2) is 4.57 Å². The maximum atomic E-state index is 12.3. The second-order valence-electron chi connectivity index (χ2n) is 10.2. The minimum Gasteiger partial charge on any atom is -0.480 e. The molecule has 0 fully saturated rings. The summed E-state index contributed by atoms with van der Waals surface area (Å²) in [4.78, 5) is 44.5. The zero-order valence-corrected chi connectivity index (χ0v) is 25.6. The Bertz CT molecular complexity index is 721. The summed E-state index contributed by atoms with van der Waals surface area (Å²) in [6, 6.07) is -1.51. The average Bonchev–Trinajstić information content (AvgIpc) is 2.91. The van der Waals surface area contributed by atoms with Crippen LogP contribution in [0.25, 0.3) is 0 Å². The summed E-state index contributed by atoms with van der Waals surface area (Å²) in [5.74, 6) is -2.44. The number of esters is 2. The summed E-state index contributed by atoms with van der Waals surface area (Å²) in [7, 11) is -4.67. The molecular formula is C28H54NO10P.